The summed E-state index contributed by atoms with van der Waals surface area (Å²) in [7, 11) is -0.756. The number of hydrogen-bond acceptors (Lipinski definition) is 2. The van der Waals surface area contributed by atoms with Crippen LogP contribution >= 0.6 is 0 Å². The number of benzene rings is 1. The first-order chi connectivity index (χ1) is 8.56. The molecule has 2 atom stereocenters. The topological polar surface area (TPSA) is 29.1 Å². The van der Waals surface area contributed by atoms with E-state index in [1.54, 1.807) is 6.26 Å². The second kappa shape index (κ2) is 5.93. The zero-order valence-electron chi connectivity index (χ0n) is 10.9. The van der Waals surface area contributed by atoms with Crippen LogP contribution in [-0.4, -0.2) is 28.3 Å². The van der Waals surface area contributed by atoms with Crippen molar-refractivity contribution < 1.29 is 8.60 Å². The fourth-order valence-corrected chi connectivity index (χ4v) is 2.57. The molecule has 1 aliphatic carbocycles. The molecule has 4 heteroatoms. The second-order valence-electron chi connectivity index (χ2n) is 5.13. The highest BCUT2D eigenvalue weighted by Crippen LogP contribution is 2.36. The summed E-state index contributed by atoms with van der Waals surface area (Å²) in [6.45, 7) is 2.81. The van der Waals surface area contributed by atoms with E-state index in [1.165, 1.54) is 17.7 Å². The Hall–Kier alpha value is -0.740. The fourth-order valence-electron chi connectivity index (χ4n) is 2.24. The molecule has 1 saturated carbocycles. The lowest BCUT2D eigenvalue weighted by Gasteiger charge is -2.37. The lowest BCUT2D eigenvalue weighted by molar-refractivity contribution is 0.292. The molecule has 1 aromatic rings. The normalized spacial score (nSPS) is 26.4. The summed E-state index contributed by atoms with van der Waals surface area (Å²) in [5.41, 5.74) is 1.22. The van der Waals surface area contributed by atoms with Gasteiger partial charge in [0, 0.05) is 34.9 Å². The van der Waals surface area contributed by atoms with Crippen LogP contribution in [0.5, 0.6) is 0 Å². The third kappa shape index (κ3) is 3.39. The maximum absolute atomic E-state index is 12.8. The molecule has 0 unspecified atom stereocenters. The highest BCUT2D eigenvalue weighted by Gasteiger charge is 2.30. The van der Waals surface area contributed by atoms with Gasteiger partial charge in [-0.1, -0.05) is 12.1 Å². The van der Waals surface area contributed by atoms with E-state index in [0.717, 1.165) is 19.4 Å². The molecule has 1 aromatic carbocycles. The van der Waals surface area contributed by atoms with Crippen LogP contribution in [0.15, 0.2) is 24.3 Å². The predicted octanol–water partition coefficient (Wildman–Crippen LogP) is 2.43. The van der Waals surface area contributed by atoms with Crippen LogP contribution in [0.2, 0.25) is 0 Å². The molecule has 2 nitrogen and oxygen atoms in total. The lowest BCUT2D eigenvalue weighted by atomic mass is 9.76. The van der Waals surface area contributed by atoms with Gasteiger partial charge in [-0.25, -0.2) is 4.39 Å². The van der Waals surface area contributed by atoms with Crippen molar-refractivity contribution in [1.82, 2.24) is 5.32 Å². The zero-order valence-corrected chi connectivity index (χ0v) is 11.7. The zero-order chi connectivity index (χ0) is 13.1. The summed E-state index contributed by atoms with van der Waals surface area (Å²) < 4.78 is 24.0. The van der Waals surface area contributed by atoms with Gasteiger partial charge in [-0.3, -0.25) is 4.21 Å². The monoisotopic (exact) mass is 269 g/mol. The molecule has 0 bridgehead atoms. The molecule has 1 fully saturated rings. The minimum absolute atomic E-state index is 0.174. The van der Waals surface area contributed by atoms with Crippen LogP contribution in [0.25, 0.3) is 0 Å². The quantitative estimate of drug-likeness (QED) is 0.889. The van der Waals surface area contributed by atoms with Gasteiger partial charge in [-0.15, -0.1) is 0 Å². The van der Waals surface area contributed by atoms with Gasteiger partial charge >= 0.3 is 0 Å². The van der Waals surface area contributed by atoms with Gasteiger partial charge < -0.3 is 5.32 Å². The van der Waals surface area contributed by atoms with Crippen molar-refractivity contribution in [3.05, 3.63) is 35.6 Å². The molecule has 0 spiro atoms. The summed E-state index contributed by atoms with van der Waals surface area (Å²) in [5.74, 6) is 0.373. The van der Waals surface area contributed by atoms with Crippen LogP contribution < -0.4 is 5.32 Å². The Morgan fingerprint density at radius 1 is 1.39 bits per heavy atom. The minimum Gasteiger partial charge on any atom is -0.313 e. The largest absolute Gasteiger partial charge is 0.313 e. The highest BCUT2D eigenvalue weighted by molar-refractivity contribution is 7.84. The molecule has 0 aromatic heterocycles. The highest BCUT2D eigenvalue weighted by atomic mass is 32.2. The maximum atomic E-state index is 12.8. The Kier molecular flexibility index (Phi) is 4.51. The van der Waals surface area contributed by atoms with E-state index in [4.69, 9.17) is 0 Å². The Labute approximate surface area is 110 Å². The van der Waals surface area contributed by atoms with Crippen molar-refractivity contribution >= 4 is 10.8 Å². The molecule has 0 amide bonds. The van der Waals surface area contributed by atoms with Crippen molar-refractivity contribution in [3.63, 3.8) is 0 Å². The van der Waals surface area contributed by atoms with Gasteiger partial charge in [0.15, 0.2) is 0 Å². The molecule has 18 heavy (non-hydrogen) atoms. The molecule has 2 rings (SSSR count). The van der Waals surface area contributed by atoms with Crippen LogP contribution in [0.4, 0.5) is 4.39 Å². The summed E-state index contributed by atoms with van der Waals surface area (Å²) in [6, 6.07) is 7.32. The van der Waals surface area contributed by atoms with Crippen LogP contribution in [0.1, 0.15) is 31.2 Å². The molecule has 0 aliphatic heterocycles. The van der Waals surface area contributed by atoms with Gasteiger partial charge in [0.25, 0.3) is 0 Å². The molecular formula is C14H20FNOS. The SMILES string of the molecule is C[C@@H](CNC1CC(c2ccc(F)cc2)C1)[S@@](C)=O. The molecule has 100 valence electrons. The van der Waals surface area contributed by atoms with Gasteiger partial charge in [0.05, 0.1) is 0 Å². The molecule has 1 aliphatic rings. The summed E-state index contributed by atoms with van der Waals surface area (Å²) in [4.78, 5) is 0. The first-order valence-electron chi connectivity index (χ1n) is 6.37. The Bertz CT molecular complexity index is 414. The van der Waals surface area contributed by atoms with Crippen molar-refractivity contribution in [3.8, 4) is 0 Å². The number of hydrogen-bond donors (Lipinski definition) is 1. The van der Waals surface area contributed by atoms with Gasteiger partial charge in [0.1, 0.15) is 5.82 Å². The molecule has 0 heterocycles. The van der Waals surface area contributed by atoms with Crippen LogP contribution in [0.3, 0.4) is 0 Å². The number of nitrogens with one attached hydrogen (secondary N) is 1. The third-order valence-corrected chi connectivity index (χ3v) is 5.04. The first kappa shape index (κ1) is 13.7. The number of rotatable bonds is 5. The minimum atomic E-state index is -0.756. The average molecular weight is 269 g/mol. The number of halogens is 1. The second-order valence-corrected chi connectivity index (χ2v) is 6.94. The molecule has 0 radical (unpaired) electrons. The van der Waals surface area contributed by atoms with E-state index in [9.17, 15) is 8.60 Å². The molecule has 1 N–H and O–H groups in total. The van der Waals surface area contributed by atoms with Gasteiger partial charge in [0.2, 0.25) is 0 Å². The Morgan fingerprint density at radius 2 is 2.00 bits per heavy atom. The molecular weight excluding hydrogens is 249 g/mol. The summed E-state index contributed by atoms with van der Waals surface area (Å²) >= 11 is 0. The predicted molar refractivity (Wildman–Crippen MR) is 73.7 cm³/mol. The maximum Gasteiger partial charge on any atom is 0.123 e. The van der Waals surface area contributed by atoms with E-state index >= 15 is 0 Å². The summed E-state index contributed by atoms with van der Waals surface area (Å²) in [5, 5.41) is 3.65. The van der Waals surface area contributed by atoms with Crippen LogP contribution in [0, 0.1) is 5.82 Å². The van der Waals surface area contributed by atoms with E-state index in [2.05, 4.69) is 5.32 Å². The van der Waals surface area contributed by atoms with E-state index in [1.807, 2.05) is 19.1 Å². The lowest BCUT2D eigenvalue weighted by Crippen LogP contribution is -2.43. The third-order valence-electron chi connectivity index (χ3n) is 3.74. The van der Waals surface area contributed by atoms with E-state index in [0.29, 0.717) is 12.0 Å². The smallest absolute Gasteiger partial charge is 0.123 e. The fraction of sp³-hybridized carbons (Fsp3) is 0.571. The van der Waals surface area contributed by atoms with E-state index in [-0.39, 0.29) is 11.1 Å². The first-order valence-corrected chi connectivity index (χ1v) is 7.99. The summed E-state index contributed by atoms with van der Waals surface area (Å²) in [6.07, 6.45) is 3.93. The molecule has 0 saturated heterocycles. The van der Waals surface area contributed by atoms with Crippen molar-refractivity contribution in [1.29, 1.82) is 0 Å². The average Bonchev–Trinajstić information content (AvgIpc) is 2.28. The van der Waals surface area contributed by atoms with E-state index < -0.39 is 10.8 Å². The van der Waals surface area contributed by atoms with Gasteiger partial charge in [-0.05, 0) is 43.4 Å². The van der Waals surface area contributed by atoms with Crippen molar-refractivity contribution in [2.45, 2.75) is 37.0 Å². The standard InChI is InChI=1S/C14H20FNOS/c1-10(18(2)17)9-16-14-7-12(8-14)11-3-5-13(15)6-4-11/h3-6,10,12,14,16H,7-9H2,1-2H3/t10-,12?,14?,18+/m0/s1. The Balaban J connectivity index is 1.74. The van der Waals surface area contributed by atoms with Gasteiger partial charge in [-0.2, -0.15) is 0 Å². The Morgan fingerprint density at radius 3 is 2.56 bits per heavy atom. The van der Waals surface area contributed by atoms with Crippen LogP contribution in [-0.2, 0) is 10.8 Å². The van der Waals surface area contributed by atoms with Crippen molar-refractivity contribution in [2.75, 3.05) is 12.8 Å². The van der Waals surface area contributed by atoms with Crippen molar-refractivity contribution in [2.24, 2.45) is 0 Å².